The van der Waals surface area contributed by atoms with Gasteiger partial charge in [-0.25, -0.2) is 9.40 Å². The van der Waals surface area contributed by atoms with Gasteiger partial charge in [-0.3, -0.25) is 4.79 Å². The van der Waals surface area contributed by atoms with Gasteiger partial charge in [0.15, 0.2) is 0 Å². The SMILES string of the molecule is CC1(C)CC(=O)N2/C(=C/c3ccccc3F)C3Cc4ccccc4C3N21. The molecular weight excluding hydrogens is 327 g/mol. The van der Waals surface area contributed by atoms with Crippen LogP contribution in [-0.2, 0) is 11.2 Å². The van der Waals surface area contributed by atoms with Gasteiger partial charge in [0, 0.05) is 29.1 Å². The standard InChI is InChI=1S/C22H21FN2O/c1-22(2)13-20(26)24-19(12-15-8-4-6-10-18(15)23)17-11-14-7-3-5-9-16(14)21(17)25(22)24/h3-10,12,17,21H,11,13H2,1-2H3/b19-12+. The number of fused-ring (bicyclic) bond motifs is 5. The molecule has 0 spiro atoms. The molecule has 4 heteroatoms. The fraction of sp³-hybridized carbons (Fsp3) is 0.318. The molecule has 0 aromatic heterocycles. The molecule has 0 bridgehead atoms. The van der Waals surface area contributed by atoms with E-state index in [1.54, 1.807) is 12.1 Å². The Morgan fingerprint density at radius 1 is 1.12 bits per heavy atom. The van der Waals surface area contributed by atoms with Crippen molar-refractivity contribution in [2.75, 3.05) is 0 Å². The van der Waals surface area contributed by atoms with Gasteiger partial charge in [0.25, 0.3) is 0 Å². The zero-order valence-corrected chi connectivity index (χ0v) is 14.9. The van der Waals surface area contributed by atoms with Crippen molar-refractivity contribution >= 4 is 12.0 Å². The van der Waals surface area contributed by atoms with Crippen LogP contribution in [-0.4, -0.2) is 21.5 Å². The van der Waals surface area contributed by atoms with Crippen molar-refractivity contribution in [3.05, 3.63) is 76.7 Å². The molecule has 0 N–H and O–H groups in total. The third-order valence-electron chi connectivity index (χ3n) is 5.95. The van der Waals surface area contributed by atoms with Crippen LogP contribution in [0.4, 0.5) is 4.39 Å². The Kier molecular flexibility index (Phi) is 3.20. The summed E-state index contributed by atoms with van der Waals surface area (Å²) < 4.78 is 14.3. The first-order chi connectivity index (χ1) is 12.5. The summed E-state index contributed by atoms with van der Waals surface area (Å²) in [5.74, 6) is 0.0245. The van der Waals surface area contributed by atoms with Crippen molar-refractivity contribution in [2.45, 2.75) is 38.3 Å². The maximum Gasteiger partial charge on any atom is 0.243 e. The van der Waals surface area contributed by atoms with Gasteiger partial charge in [0.1, 0.15) is 5.82 Å². The molecular formula is C22H21FN2O. The monoisotopic (exact) mass is 348 g/mol. The summed E-state index contributed by atoms with van der Waals surface area (Å²) in [6.45, 7) is 4.24. The Morgan fingerprint density at radius 3 is 2.65 bits per heavy atom. The van der Waals surface area contributed by atoms with E-state index in [9.17, 15) is 9.18 Å². The number of rotatable bonds is 1. The van der Waals surface area contributed by atoms with E-state index >= 15 is 0 Å². The molecule has 2 atom stereocenters. The van der Waals surface area contributed by atoms with Gasteiger partial charge in [-0.1, -0.05) is 42.5 Å². The molecule has 3 aliphatic rings. The molecule has 0 saturated carbocycles. The van der Waals surface area contributed by atoms with Gasteiger partial charge >= 0.3 is 0 Å². The van der Waals surface area contributed by atoms with Crippen LogP contribution in [0.25, 0.3) is 6.08 Å². The third kappa shape index (κ3) is 2.05. The van der Waals surface area contributed by atoms with Crippen molar-refractivity contribution in [1.29, 1.82) is 0 Å². The largest absolute Gasteiger partial charge is 0.273 e. The van der Waals surface area contributed by atoms with E-state index in [0.717, 1.165) is 12.1 Å². The molecule has 1 amide bonds. The minimum Gasteiger partial charge on any atom is -0.273 e. The molecule has 5 rings (SSSR count). The van der Waals surface area contributed by atoms with Crippen LogP contribution in [0.3, 0.4) is 0 Å². The number of hydrazine groups is 1. The Bertz CT molecular complexity index is 949. The van der Waals surface area contributed by atoms with E-state index in [0.29, 0.717) is 12.0 Å². The summed E-state index contributed by atoms with van der Waals surface area (Å²) in [5.41, 5.74) is 3.84. The predicted molar refractivity (Wildman–Crippen MR) is 98.1 cm³/mol. The normalized spacial score (nSPS) is 27.7. The summed E-state index contributed by atoms with van der Waals surface area (Å²) >= 11 is 0. The molecule has 2 saturated heterocycles. The second-order valence-electron chi connectivity index (χ2n) is 8.08. The number of amides is 1. The lowest BCUT2D eigenvalue weighted by Crippen LogP contribution is -2.43. The molecule has 26 heavy (non-hydrogen) atoms. The maximum absolute atomic E-state index is 14.3. The van der Waals surface area contributed by atoms with Gasteiger partial charge in [0.2, 0.25) is 5.91 Å². The van der Waals surface area contributed by atoms with Crippen LogP contribution in [0.5, 0.6) is 0 Å². The number of benzene rings is 2. The second-order valence-corrected chi connectivity index (χ2v) is 8.08. The Hall–Kier alpha value is -2.46. The average molecular weight is 348 g/mol. The van der Waals surface area contributed by atoms with E-state index in [1.807, 2.05) is 17.2 Å². The summed E-state index contributed by atoms with van der Waals surface area (Å²) in [6, 6.07) is 15.4. The Balaban J connectivity index is 1.70. The summed E-state index contributed by atoms with van der Waals surface area (Å²) in [7, 11) is 0. The van der Waals surface area contributed by atoms with E-state index in [1.165, 1.54) is 17.2 Å². The highest BCUT2D eigenvalue weighted by Crippen LogP contribution is 2.57. The lowest BCUT2D eigenvalue weighted by molar-refractivity contribution is -0.134. The van der Waals surface area contributed by atoms with Crippen molar-refractivity contribution in [2.24, 2.45) is 5.92 Å². The van der Waals surface area contributed by atoms with Gasteiger partial charge in [-0.05, 0) is 43.5 Å². The smallest absolute Gasteiger partial charge is 0.243 e. The highest BCUT2D eigenvalue weighted by atomic mass is 19.1. The van der Waals surface area contributed by atoms with Crippen LogP contribution >= 0.6 is 0 Å². The van der Waals surface area contributed by atoms with E-state index in [4.69, 9.17) is 0 Å². The fourth-order valence-electron chi connectivity index (χ4n) is 4.91. The lowest BCUT2D eigenvalue weighted by Gasteiger charge is -2.35. The number of nitrogens with zero attached hydrogens (tertiary/aromatic N) is 2. The first-order valence-corrected chi connectivity index (χ1v) is 9.13. The van der Waals surface area contributed by atoms with Crippen molar-refractivity contribution in [1.82, 2.24) is 10.0 Å². The van der Waals surface area contributed by atoms with Crippen LogP contribution in [0.1, 0.15) is 43.0 Å². The predicted octanol–water partition coefficient (Wildman–Crippen LogP) is 4.32. The van der Waals surface area contributed by atoms with Crippen molar-refractivity contribution in [3.63, 3.8) is 0 Å². The number of hydrogen-bond acceptors (Lipinski definition) is 2. The third-order valence-corrected chi connectivity index (χ3v) is 5.95. The van der Waals surface area contributed by atoms with Gasteiger partial charge < -0.3 is 0 Å². The van der Waals surface area contributed by atoms with Crippen LogP contribution in [0.15, 0.2) is 54.2 Å². The number of hydrogen-bond donors (Lipinski definition) is 0. The second kappa shape index (κ2) is 5.27. The number of carbonyl (C=O) groups excluding carboxylic acids is 1. The average Bonchev–Trinajstić information content (AvgIpc) is 3.18. The van der Waals surface area contributed by atoms with Gasteiger partial charge in [-0.2, -0.15) is 5.01 Å². The molecule has 2 aromatic carbocycles. The van der Waals surface area contributed by atoms with Crippen LogP contribution in [0, 0.1) is 11.7 Å². The number of carbonyl (C=O) groups is 1. The van der Waals surface area contributed by atoms with Gasteiger partial charge in [-0.15, -0.1) is 0 Å². The maximum atomic E-state index is 14.3. The summed E-state index contributed by atoms with van der Waals surface area (Å²) in [6.07, 6.45) is 3.24. The zero-order chi connectivity index (χ0) is 18.1. The molecule has 0 radical (unpaired) electrons. The first kappa shape index (κ1) is 15.8. The molecule has 2 fully saturated rings. The summed E-state index contributed by atoms with van der Waals surface area (Å²) in [5, 5.41) is 4.07. The van der Waals surface area contributed by atoms with Crippen molar-refractivity contribution in [3.8, 4) is 0 Å². The highest BCUT2D eigenvalue weighted by molar-refractivity contribution is 5.83. The topological polar surface area (TPSA) is 23.6 Å². The molecule has 2 unspecified atom stereocenters. The zero-order valence-electron chi connectivity index (χ0n) is 14.9. The van der Waals surface area contributed by atoms with E-state index in [2.05, 4.69) is 43.1 Å². The van der Waals surface area contributed by atoms with Gasteiger partial charge in [0.05, 0.1) is 6.04 Å². The van der Waals surface area contributed by atoms with E-state index in [-0.39, 0.29) is 29.2 Å². The molecule has 3 nitrogen and oxygen atoms in total. The Labute approximate surface area is 152 Å². The fourth-order valence-corrected chi connectivity index (χ4v) is 4.91. The minimum absolute atomic E-state index is 0.101. The molecule has 2 aliphatic heterocycles. The quantitative estimate of drug-likeness (QED) is 0.766. The first-order valence-electron chi connectivity index (χ1n) is 9.13. The minimum atomic E-state index is -0.253. The number of halogens is 1. The summed E-state index contributed by atoms with van der Waals surface area (Å²) in [4.78, 5) is 12.8. The Morgan fingerprint density at radius 2 is 1.85 bits per heavy atom. The van der Waals surface area contributed by atoms with Crippen molar-refractivity contribution < 1.29 is 9.18 Å². The molecule has 1 aliphatic carbocycles. The molecule has 132 valence electrons. The van der Waals surface area contributed by atoms with Crippen LogP contribution in [0.2, 0.25) is 0 Å². The molecule has 2 aromatic rings. The van der Waals surface area contributed by atoms with Crippen LogP contribution < -0.4 is 0 Å². The molecule has 2 heterocycles. The highest BCUT2D eigenvalue weighted by Gasteiger charge is 2.59. The lowest BCUT2D eigenvalue weighted by atomic mass is 9.92. The van der Waals surface area contributed by atoms with E-state index < -0.39 is 0 Å².